The van der Waals surface area contributed by atoms with E-state index in [0.717, 1.165) is 24.5 Å². The second-order valence-corrected chi connectivity index (χ2v) is 4.84. The van der Waals surface area contributed by atoms with Gasteiger partial charge in [-0.1, -0.05) is 6.07 Å². The van der Waals surface area contributed by atoms with Gasteiger partial charge in [-0.15, -0.1) is 0 Å². The first-order valence-corrected chi connectivity index (χ1v) is 6.50. The van der Waals surface area contributed by atoms with E-state index in [9.17, 15) is 0 Å². The van der Waals surface area contributed by atoms with Crippen molar-refractivity contribution in [3.05, 3.63) is 36.2 Å². The Balaban J connectivity index is 1.91. The molecule has 1 unspecified atom stereocenters. The Bertz CT molecular complexity index is 512. The van der Waals surface area contributed by atoms with Crippen LogP contribution in [0.2, 0.25) is 0 Å². The maximum Gasteiger partial charge on any atom is 0.111 e. The maximum absolute atomic E-state index is 4.58. The van der Waals surface area contributed by atoms with Crippen molar-refractivity contribution in [2.45, 2.75) is 18.8 Å². The van der Waals surface area contributed by atoms with Gasteiger partial charge in [0.15, 0.2) is 0 Å². The number of aromatic nitrogens is 3. The van der Waals surface area contributed by atoms with Gasteiger partial charge in [0.25, 0.3) is 0 Å². The lowest BCUT2D eigenvalue weighted by atomic mass is 9.96. The average molecular weight is 242 g/mol. The molecule has 0 radical (unpaired) electrons. The minimum atomic E-state index is 0.578. The molecule has 3 heterocycles. The van der Waals surface area contributed by atoms with E-state index in [2.05, 4.69) is 21.5 Å². The Labute approximate surface area is 107 Å². The second-order valence-electron chi connectivity index (χ2n) is 4.84. The predicted octanol–water partition coefficient (Wildman–Crippen LogP) is 1.95. The summed E-state index contributed by atoms with van der Waals surface area (Å²) >= 11 is 0. The molecule has 0 amide bonds. The molecule has 0 saturated carbocycles. The minimum Gasteiger partial charge on any atom is -0.316 e. The quantitative estimate of drug-likeness (QED) is 0.875. The summed E-state index contributed by atoms with van der Waals surface area (Å²) in [5, 5.41) is 8.04. The molecule has 4 nitrogen and oxygen atoms in total. The van der Waals surface area contributed by atoms with Crippen molar-refractivity contribution in [2.75, 3.05) is 13.1 Å². The summed E-state index contributed by atoms with van der Waals surface area (Å²) < 4.78 is 2.00. The van der Waals surface area contributed by atoms with Crippen LogP contribution >= 0.6 is 0 Å². The first kappa shape index (κ1) is 11.4. The molecule has 1 saturated heterocycles. The summed E-state index contributed by atoms with van der Waals surface area (Å²) in [6, 6.07) is 8.11. The number of piperidine rings is 1. The molecule has 2 aromatic rings. The van der Waals surface area contributed by atoms with Gasteiger partial charge < -0.3 is 5.32 Å². The fraction of sp³-hybridized carbons (Fsp3) is 0.429. The first-order chi connectivity index (χ1) is 8.84. The van der Waals surface area contributed by atoms with Crippen molar-refractivity contribution in [1.29, 1.82) is 0 Å². The molecule has 1 N–H and O–H groups in total. The second kappa shape index (κ2) is 4.90. The van der Waals surface area contributed by atoms with Gasteiger partial charge >= 0.3 is 0 Å². The molecular weight excluding hydrogens is 224 g/mol. The lowest BCUT2D eigenvalue weighted by Crippen LogP contribution is -2.29. The highest BCUT2D eigenvalue weighted by atomic mass is 15.3. The largest absolute Gasteiger partial charge is 0.316 e. The van der Waals surface area contributed by atoms with Gasteiger partial charge in [-0.25, -0.2) is 0 Å². The van der Waals surface area contributed by atoms with Gasteiger partial charge in [0.05, 0.1) is 5.69 Å². The van der Waals surface area contributed by atoms with E-state index in [-0.39, 0.29) is 0 Å². The van der Waals surface area contributed by atoms with Crippen LogP contribution in [0.3, 0.4) is 0 Å². The van der Waals surface area contributed by atoms with Crippen LogP contribution in [-0.4, -0.2) is 27.9 Å². The van der Waals surface area contributed by atoms with Crippen LogP contribution in [0.5, 0.6) is 0 Å². The third kappa shape index (κ3) is 2.16. The first-order valence-electron chi connectivity index (χ1n) is 6.50. The Kier molecular flexibility index (Phi) is 3.11. The molecule has 2 aromatic heterocycles. The van der Waals surface area contributed by atoms with Crippen molar-refractivity contribution in [3.8, 4) is 11.4 Å². The van der Waals surface area contributed by atoms with Crippen LogP contribution in [0.15, 0.2) is 30.5 Å². The zero-order valence-electron chi connectivity index (χ0n) is 10.6. The molecule has 1 aliphatic rings. The smallest absolute Gasteiger partial charge is 0.111 e. The molecule has 1 fully saturated rings. The Hall–Kier alpha value is -1.68. The molecule has 1 aliphatic heterocycles. The van der Waals surface area contributed by atoms with E-state index in [1.165, 1.54) is 18.5 Å². The normalized spacial score (nSPS) is 19.9. The van der Waals surface area contributed by atoms with E-state index in [1.807, 2.05) is 36.1 Å². The van der Waals surface area contributed by atoms with Crippen LogP contribution in [0.25, 0.3) is 11.4 Å². The summed E-state index contributed by atoms with van der Waals surface area (Å²) in [6.45, 7) is 2.20. The minimum absolute atomic E-state index is 0.578. The van der Waals surface area contributed by atoms with Crippen LogP contribution in [0.4, 0.5) is 0 Å². The Morgan fingerprint density at radius 1 is 1.33 bits per heavy atom. The summed E-state index contributed by atoms with van der Waals surface area (Å²) in [5.41, 5.74) is 3.23. The molecule has 0 bridgehead atoms. The highest BCUT2D eigenvalue weighted by molar-refractivity contribution is 5.54. The Morgan fingerprint density at radius 3 is 3.00 bits per heavy atom. The molecule has 94 valence electrons. The van der Waals surface area contributed by atoms with E-state index < -0.39 is 0 Å². The van der Waals surface area contributed by atoms with Gasteiger partial charge in [0.1, 0.15) is 5.69 Å². The monoisotopic (exact) mass is 242 g/mol. The number of rotatable bonds is 2. The number of nitrogens with zero attached hydrogens (tertiary/aromatic N) is 3. The highest BCUT2D eigenvalue weighted by Gasteiger charge is 2.19. The molecule has 18 heavy (non-hydrogen) atoms. The molecule has 1 atom stereocenters. The summed E-state index contributed by atoms with van der Waals surface area (Å²) in [6.07, 6.45) is 4.30. The van der Waals surface area contributed by atoms with Crippen molar-refractivity contribution in [3.63, 3.8) is 0 Å². The number of hydrogen-bond donors (Lipinski definition) is 1. The molecule has 4 heteroatoms. The van der Waals surface area contributed by atoms with Gasteiger partial charge in [-0.3, -0.25) is 9.67 Å². The number of hydrogen-bond acceptors (Lipinski definition) is 3. The molecule has 3 rings (SSSR count). The lowest BCUT2D eigenvalue weighted by molar-refractivity contribution is 0.441. The third-order valence-electron chi connectivity index (χ3n) is 3.56. The van der Waals surface area contributed by atoms with Crippen molar-refractivity contribution in [2.24, 2.45) is 7.05 Å². The van der Waals surface area contributed by atoms with Crippen LogP contribution in [0, 0.1) is 0 Å². The summed E-state index contributed by atoms with van der Waals surface area (Å²) in [5.74, 6) is 0.578. The van der Waals surface area contributed by atoms with Crippen molar-refractivity contribution < 1.29 is 0 Å². The maximum atomic E-state index is 4.58. The SMILES string of the molecule is Cn1nc(-c2ccccn2)cc1C1CCCNC1. The fourth-order valence-electron chi connectivity index (χ4n) is 2.61. The van der Waals surface area contributed by atoms with E-state index in [4.69, 9.17) is 0 Å². The zero-order chi connectivity index (χ0) is 12.4. The average Bonchev–Trinajstić information content (AvgIpc) is 2.83. The molecular formula is C14H18N4. The van der Waals surface area contributed by atoms with Crippen molar-refractivity contribution in [1.82, 2.24) is 20.1 Å². The predicted molar refractivity (Wildman–Crippen MR) is 71.3 cm³/mol. The Morgan fingerprint density at radius 2 is 2.28 bits per heavy atom. The van der Waals surface area contributed by atoms with Crippen LogP contribution < -0.4 is 5.32 Å². The molecule has 0 spiro atoms. The zero-order valence-corrected chi connectivity index (χ0v) is 10.6. The standard InChI is InChI=1S/C14H18N4/c1-18-14(11-5-4-7-15-10-11)9-13(17-18)12-6-2-3-8-16-12/h2-3,6,8-9,11,15H,4-5,7,10H2,1H3. The van der Waals surface area contributed by atoms with Gasteiger partial charge in [-0.2, -0.15) is 5.10 Å². The number of pyridine rings is 1. The van der Waals surface area contributed by atoms with Crippen LogP contribution in [0.1, 0.15) is 24.5 Å². The summed E-state index contributed by atoms with van der Waals surface area (Å²) in [4.78, 5) is 4.36. The van der Waals surface area contributed by atoms with Gasteiger partial charge in [-0.05, 0) is 37.6 Å². The van der Waals surface area contributed by atoms with Gasteiger partial charge in [0, 0.05) is 31.4 Å². The van der Waals surface area contributed by atoms with Crippen molar-refractivity contribution >= 4 is 0 Å². The third-order valence-corrected chi connectivity index (χ3v) is 3.56. The lowest BCUT2D eigenvalue weighted by Gasteiger charge is -2.22. The molecule has 0 aromatic carbocycles. The molecule has 0 aliphatic carbocycles. The van der Waals surface area contributed by atoms with E-state index >= 15 is 0 Å². The number of nitrogens with one attached hydrogen (secondary N) is 1. The van der Waals surface area contributed by atoms with Gasteiger partial charge in [0.2, 0.25) is 0 Å². The highest BCUT2D eigenvalue weighted by Crippen LogP contribution is 2.26. The fourth-order valence-corrected chi connectivity index (χ4v) is 2.61. The van der Waals surface area contributed by atoms with Crippen LogP contribution in [-0.2, 0) is 7.05 Å². The van der Waals surface area contributed by atoms with E-state index in [1.54, 1.807) is 0 Å². The van der Waals surface area contributed by atoms with E-state index in [0.29, 0.717) is 5.92 Å². The topological polar surface area (TPSA) is 42.7 Å². The summed E-state index contributed by atoms with van der Waals surface area (Å²) in [7, 11) is 2.02. The number of aryl methyl sites for hydroxylation is 1.